The Bertz CT molecular complexity index is 1080. The molecule has 394 valence electrons. The molecule has 0 aliphatic carbocycles. The van der Waals surface area contributed by atoms with Gasteiger partial charge in [-0.25, -0.2) is 0 Å². The summed E-state index contributed by atoms with van der Waals surface area (Å²) in [5.74, 6) is -0.847. The van der Waals surface area contributed by atoms with Gasteiger partial charge in [-0.1, -0.05) is 283 Å². The van der Waals surface area contributed by atoms with E-state index < -0.39 is 6.10 Å². The lowest BCUT2D eigenvalue weighted by Crippen LogP contribution is -2.30. The third-order valence-corrected chi connectivity index (χ3v) is 13.5. The van der Waals surface area contributed by atoms with Gasteiger partial charge in [-0.05, 0) is 51.4 Å². The molecule has 0 saturated heterocycles. The molecule has 0 aromatic rings. The topological polar surface area (TPSA) is 78.9 Å². The van der Waals surface area contributed by atoms with E-state index in [1.54, 1.807) is 0 Å². The molecule has 0 fully saturated rings. The molecule has 0 bridgehead atoms. The Kier molecular flexibility index (Phi) is 54.7. The fraction of sp³-hybridized carbons (Fsp3) is 0.885. The van der Waals surface area contributed by atoms with Crippen molar-refractivity contribution in [1.82, 2.24) is 0 Å². The second kappa shape index (κ2) is 56.5. The highest BCUT2D eigenvalue weighted by Crippen LogP contribution is 2.17. The van der Waals surface area contributed by atoms with Crippen molar-refractivity contribution < 1.29 is 28.6 Å². The molecule has 0 unspecified atom stereocenters. The van der Waals surface area contributed by atoms with Crippen LogP contribution in [0.4, 0.5) is 0 Å². The fourth-order valence-corrected chi connectivity index (χ4v) is 8.95. The predicted octanol–water partition coefficient (Wildman–Crippen LogP) is 19.9. The Labute approximate surface area is 417 Å². The summed E-state index contributed by atoms with van der Waals surface area (Å²) < 4.78 is 16.9. The maximum Gasteiger partial charge on any atom is 0.306 e. The summed E-state index contributed by atoms with van der Waals surface area (Å²) in [6.45, 7) is 6.67. The first-order chi connectivity index (χ1) is 33.0. The molecule has 1 atom stereocenters. The summed E-state index contributed by atoms with van der Waals surface area (Å²) in [4.78, 5) is 38.2. The number of ether oxygens (including phenoxy) is 3. The highest BCUT2D eigenvalue weighted by atomic mass is 16.6. The van der Waals surface area contributed by atoms with E-state index >= 15 is 0 Å². The van der Waals surface area contributed by atoms with Gasteiger partial charge in [0.1, 0.15) is 13.2 Å². The molecule has 0 aromatic heterocycles. The zero-order chi connectivity index (χ0) is 48.6. The van der Waals surface area contributed by atoms with Crippen LogP contribution in [0.5, 0.6) is 0 Å². The third-order valence-electron chi connectivity index (χ3n) is 13.5. The average Bonchev–Trinajstić information content (AvgIpc) is 3.33. The van der Waals surface area contributed by atoms with Crippen LogP contribution in [-0.2, 0) is 28.6 Å². The van der Waals surface area contributed by atoms with Crippen molar-refractivity contribution in [1.29, 1.82) is 0 Å². The first-order valence-corrected chi connectivity index (χ1v) is 29.8. The fourth-order valence-electron chi connectivity index (χ4n) is 8.95. The second-order valence-corrected chi connectivity index (χ2v) is 20.3. The minimum Gasteiger partial charge on any atom is -0.462 e. The molecule has 0 spiro atoms. The van der Waals surface area contributed by atoms with Crippen molar-refractivity contribution >= 4 is 17.9 Å². The van der Waals surface area contributed by atoms with Gasteiger partial charge in [0.2, 0.25) is 0 Å². The van der Waals surface area contributed by atoms with E-state index in [9.17, 15) is 14.4 Å². The standard InChI is InChI=1S/C61H114O6/c1-4-7-10-13-16-19-22-25-28-29-30-31-34-36-39-42-45-48-51-54-60(63)66-57-58(67-61(64)55-52-49-46-43-40-37-33-27-24-21-18-15-12-9-6-3)56-65-59(62)53-50-47-44-41-38-35-32-26-23-20-17-14-11-8-5-2/h16,19,25,28,58H,4-15,17-18,20-24,26-27,29-57H2,1-3H3/b19-16+,28-25+/t58-/m1/s1. The second-order valence-electron chi connectivity index (χ2n) is 20.3. The van der Waals surface area contributed by atoms with Gasteiger partial charge in [0, 0.05) is 19.3 Å². The summed E-state index contributed by atoms with van der Waals surface area (Å²) in [6.07, 6.45) is 65.9. The van der Waals surface area contributed by atoms with Crippen LogP contribution in [0, 0.1) is 0 Å². The van der Waals surface area contributed by atoms with Gasteiger partial charge in [0.15, 0.2) is 6.10 Å². The number of hydrogen-bond acceptors (Lipinski definition) is 6. The van der Waals surface area contributed by atoms with E-state index in [0.717, 1.165) is 64.2 Å². The van der Waals surface area contributed by atoms with Gasteiger partial charge < -0.3 is 14.2 Å². The highest BCUT2D eigenvalue weighted by molar-refractivity contribution is 5.71. The monoisotopic (exact) mass is 943 g/mol. The lowest BCUT2D eigenvalue weighted by molar-refractivity contribution is -0.167. The molecular weight excluding hydrogens is 829 g/mol. The smallest absolute Gasteiger partial charge is 0.306 e. The molecule has 6 heteroatoms. The van der Waals surface area contributed by atoms with Crippen LogP contribution in [0.25, 0.3) is 0 Å². The van der Waals surface area contributed by atoms with Crippen molar-refractivity contribution in [2.75, 3.05) is 13.2 Å². The van der Waals surface area contributed by atoms with E-state index in [-0.39, 0.29) is 31.1 Å². The minimum atomic E-state index is -0.768. The Balaban J connectivity index is 4.31. The summed E-state index contributed by atoms with van der Waals surface area (Å²) in [5, 5.41) is 0. The summed E-state index contributed by atoms with van der Waals surface area (Å²) in [6, 6.07) is 0. The van der Waals surface area contributed by atoms with Crippen molar-refractivity contribution in [2.24, 2.45) is 0 Å². The number of hydrogen-bond donors (Lipinski definition) is 0. The summed E-state index contributed by atoms with van der Waals surface area (Å²) in [7, 11) is 0. The first-order valence-electron chi connectivity index (χ1n) is 29.8. The molecule has 0 aromatic carbocycles. The third kappa shape index (κ3) is 54.7. The maximum absolute atomic E-state index is 12.9. The Hall–Kier alpha value is -2.11. The van der Waals surface area contributed by atoms with Crippen molar-refractivity contribution in [3.05, 3.63) is 24.3 Å². The molecule has 0 aliphatic rings. The van der Waals surface area contributed by atoms with Gasteiger partial charge in [0.25, 0.3) is 0 Å². The van der Waals surface area contributed by atoms with Crippen molar-refractivity contribution in [3.8, 4) is 0 Å². The quantitative estimate of drug-likeness (QED) is 0.0262. The largest absolute Gasteiger partial charge is 0.462 e. The number of allylic oxidation sites excluding steroid dienone is 4. The highest BCUT2D eigenvalue weighted by Gasteiger charge is 2.19. The van der Waals surface area contributed by atoms with Gasteiger partial charge >= 0.3 is 17.9 Å². The Morgan fingerprint density at radius 2 is 0.537 bits per heavy atom. The molecule has 0 N–H and O–H groups in total. The van der Waals surface area contributed by atoms with Gasteiger partial charge in [-0.15, -0.1) is 0 Å². The lowest BCUT2D eigenvalue weighted by Gasteiger charge is -2.18. The zero-order valence-corrected chi connectivity index (χ0v) is 45.2. The summed E-state index contributed by atoms with van der Waals surface area (Å²) in [5.41, 5.74) is 0. The van der Waals surface area contributed by atoms with Crippen molar-refractivity contribution in [3.63, 3.8) is 0 Å². The first kappa shape index (κ1) is 64.9. The van der Waals surface area contributed by atoms with E-state index in [0.29, 0.717) is 19.3 Å². The molecular formula is C61H114O6. The molecule has 0 saturated carbocycles. The van der Waals surface area contributed by atoms with Gasteiger partial charge in [-0.3, -0.25) is 14.4 Å². The SMILES string of the molecule is CCCCC/C=C/C/C=C/CCCCCCCCCCCC(=O)OC[C@@H](COC(=O)CCCCCCCCCCCCCCCCC)OC(=O)CCCCCCCCCCCCCCCCC. The lowest BCUT2D eigenvalue weighted by atomic mass is 10.0. The van der Waals surface area contributed by atoms with Gasteiger partial charge in [0.05, 0.1) is 0 Å². The van der Waals surface area contributed by atoms with Crippen LogP contribution in [0.1, 0.15) is 329 Å². The van der Waals surface area contributed by atoms with Crippen LogP contribution >= 0.6 is 0 Å². The van der Waals surface area contributed by atoms with E-state index in [4.69, 9.17) is 14.2 Å². The van der Waals surface area contributed by atoms with E-state index in [1.807, 2.05) is 0 Å². The van der Waals surface area contributed by atoms with Crippen LogP contribution in [0.15, 0.2) is 24.3 Å². The average molecular weight is 944 g/mol. The van der Waals surface area contributed by atoms with E-state index in [2.05, 4.69) is 45.1 Å². The van der Waals surface area contributed by atoms with E-state index in [1.165, 1.54) is 225 Å². The van der Waals surface area contributed by atoms with Crippen LogP contribution in [0.2, 0.25) is 0 Å². The number of carbonyl (C=O) groups excluding carboxylic acids is 3. The van der Waals surface area contributed by atoms with Crippen LogP contribution in [0.3, 0.4) is 0 Å². The molecule has 6 nitrogen and oxygen atoms in total. The number of rotatable bonds is 55. The Morgan fingerprint density at radius 1 is 0.299 bits per heavy atom. The molecule has 67 heavy (non-hydrogen) atoms. The van der Waals surface area contributed by atoms with Crippen LogP contribution in [-0.4, -0.2) is 37.2 Å². The molecule has 0 amide bonds. The maximum atomic E-state index is 12.9. The number of carbonyl (C=O) groups is 3. The summed E-state index contributed by atoms with van der Waals surface area (Å²) >= 11 is 0. The van der Waals surface area contributed by atoms with Gasteiger partial charge in [-0.2, -0.15) is 0 Å². The van der Waals surface area contributed by atoms with Crippen LogP contribution < -0.4 is 0 Å². The number of unbranched alkanes of at least 4 members (excludes halogenated alkanes) is 40. The molecule has 0 rings (SSSR count). The Morgan fingerprint density at radius 3 is 0.851 bits per heavy atom. The zero-order valence-electron chi connectivity index (χ0n) is 45.2. The molecule has 0 radical (unpaired) electrons. The number of esters is 3. The van der Waals surface area contributed by atoms with Crippen molar-refractivity contribution in [2.45, 2.75) is 335 Å². The molecule has 0 heterocycles. The normalized spacial score (nSPS) is 12.1. The molecule has 0 aliphatic heterocycles. The predicted molar refractivity (Wildman–Crippen MR) is 289 cm³/mol. The minimum absolute atomic E-state index is 0.0665.